The maximum absolute atomic E-state index is 12.4. The van der Waals surface area contributed by atoms with Gasteiger partial charge in [0.25, 0.3) is 0 Å². The highest BCUT2D eigenvalue weighted by Crippen LogP contribution is 2.19. The zero-order chi connectivity index (χ0) is 21.9. The molecule has 1 fully saturated rings. The molecule has 8 heteroatoms. The second-order valence-corrected chi connectivity index (χ2v) is 8.03. The Balaban J connectivity index is 0.00000363. The van der Waals surface area contributed by atoms with Crippen molar-refractivity contribution in [2.75, 3.05) is 39.3 Å². The summed E-state index contributed by atoms with van der Waals surface area (Å²) in [5.74, 6) is 2.01. The Morgan fingerprint density at radius 1 is 1.16 bits per heavy atom. The highest BCUT2D eigenvalue weighted by Gasteiger charge is 2.28. The van der Waals surface area contributed by atoms with E-state index in [1.54, 1.807) is 0 Å². The fourth-order valence-electron chi connectivity index (χ4n) is 3.53. The van der Waals surface area contributed by atoms with Crippen LogP contribution in [0.25, 0.3) is 0 Å². The summed E-state index contributed by atoms with van der Waals surface area (Å²) in [5.41, 5.74) is 1.26. The molecule has 2 N–H and O–H groups in total. The predicted octanol–water partition coefficient (Wildman–Crippen LogP) is 3.98. The monoisotopic (exact) mass is 570 g/mol. The van der Waals surface area contributed by atoms with Crippen molar-refractivity contribution >= 4 is 47.4 Å². The van der Waals surface area contributed by atoms with Gasteiger partial charge in [-0.15, -0.1) is 24.0 Å². The standard InChI is InChI=1S/C24H31ClN4O2.HI/c1-2-26-24(27-13-15-31-22-10-8-21(25)9-11-22)28-17-20-16-23(30)29(18-20)14-12-19-6-4-3-5-7-19;/h3-11,20H,2,12-18H2,1H3,(H2,26,27,28);1H. The summed E-state index contributed by atoms with van der Waals surface area (Å²) in [6, 6.07) is 17.6. The van der Waals surface area contributed by atoms with Gasteiger partial charge in [0, 0.05) is 43.5 Å². The normalized spacial score (nSPS) is 15.9. The predicted molar refractivity (Wildman–Crippen MR) is 141 cm³/mol. The number of likely N-dealkylation sites (tertiary alicyclic amines) is 1. The SMILES string of the molecule is CCNC(=NCC1CC(=O)N(CCc2ccccc2)C1)NCCOc1ccc(Cl)cc1.I. The third-order valence-electron chi connectivity index (χ3n) is 5.14. The maximum atomic E-state index is 12.4. The Hall–Kier alpha value is -2.00. The summed E-state index contributed by atoms with van der Waals surface area (Å²) in [4.78, 5) is 19.0. The number of aliphatic imine (C=N–C) groups is 1. The summed E-state index contributed by atoms with van der Waals surface area (Å²) in [7, 11) is 0. The number of carbonyl (C=O) groups excluding carboxylic acids is 1. The Morgan fingerprint density at radius 2 is 1.91 bits per heavy atom. The molecule has 2 aromatic carbocycles. The fraction of sp³-hybridized carbons (Fsp3) is 0.417. The first-order valence-electron chi connectivity index (χ1n) is 10.9. The van der Waals surface area contributed by atoms with Crippen LogP contribution in [-0.2, 0) is 11.2 Å². The van der Waals surface area contributed by atoms with Crippen LogP contribution in [0.3, 0.4) is 0 Å². The number of nitrogens with one attached hydrogen (secondary N) is 2. The second-order valence-electron chi connectivity index (χ2n) is 7.59. The van der Waals surface area contributed by atoms with Crippen molar-refractivity contribution in [2.45, 2.75) is 19.8 Å². The van der Waals surface area contributed by atoms with Crippen LogP contribution in [0.15, 0.2) is 59.6 Å². The van der Waals surface area contributed by atoms with Gasteiger partial charge in [0.2, 0.25) is 5.91 Å². The van der Waals surface area contributed by atoms with Crippen LogP contribution in [0.5, 0.6) is 5.75 Å². The Labute approximate surface area is 212 Å². The number of amides is 1. The Kier molecular flexibility index (Phi) is 11.7. The van der Waals surface area contributed by atoms with Gasteiger partial charge in [0.1, 0.15) is 12.4 Å². The molecule has 0 radical (unpaired) electrons. The molecule has 2 aromatic rings. The zero-order valence-corrected chi connectivity index (χ0v) is 21.5. The van der Waals surface area contributed by atoms with Gasteiger partial charge in [-0.05, 0) is 43.2 Å². The molecule has 1 saturated heterocycles. The fourth-order valence-corrected chi connectivity index (χ4v) is 3.66. The van der Waals surface area contributed by atoms with Gasteiger partial charge < -0.3 is 20.3 Å². The molecule has 3 rings (SSSR count). The first kappa shape index (κ1) is 26.3. The summed E-state index contributed by atoms with van der Waals surface area (Å²) in [5, 5.41) is 7.22. The van der Waals surface area contributed by atoms with Gasteiger partial charge in [-0.25, -0.2) is 0 Å². The smallest absolute Gasteiger partial charge is 0.223 e. The summed E-state index contributed by atoms with van der Waals surface area (Å²) < 4.78 is 5.70. The topological polar surface area (TPSA) is 66.0 Å². The van der Waals surface area contributed by atoms with Crippen LogP contribution >= 0.6 is 35.6 Å². The van der Waals surface area contributed by atoms with E-state index in [-0.39, 0.29) is 35.8 Å². The maximum Gasteiger partial charge on any atom is 0.223 e. The van der Waals surface area contributed by atoms with E-state index >= 15 is 0 Å². The summed E-state index contributed by atoms with van der Waals surface area (Å²) in [6.45, 7) is 6.11. The second kappa shape index (κ2) is 14.2. The number of ether oxygens (including phenoxy) is 1. The van der Waals surface area contributed by atoms with Crippen molar-refractivity contribution < 1.29 is 9.53 Å². The van der Waals surface area contributed by atoms with Crippen LogP contribution in [0.2, 0.25) is 5.02 Å². The number of benzene rings is 2. The molecular weight excluding hydrogens is 539 g/mol. The quantitative estimate of drug-likeness (QED) is 0.196. The highest BCUT2D eigenvalue weighted by atomic mass is 127. The third kappa shape index (κ3) is 8.86. The zero-order valence-electron chi connectivity index (χ0n) is 18.4. The van der Waals surface area contributed by atoms with E-state index in [1.807, 2.05) is 54.3 Å². The molecule has 1 amide bonds. The number of hydrogen-bond acceptors (Lipinski definition) is 3. The van der Waals surface area contributed by atoms with Crippen LogP contribution in [0, 0.1) is 5.92 Å². The van der Waals surface area contributed by atoms with Crippen molar-refractivity contribution in [3.8, 4) is 5.75 Å². The van der Waals surface area contributed by atoms with Crippen molar-refractivity contribution in [3.05, 3.63) is 65.2 Å². The molecule has 1 heterocycles. The number of guanidine groups is 1. The Morgan fingerprint density at radius 3 is 2.62 bits per heavy atom. The lowest BCUT2D eigenvalue weighted by Crippen LogP contribution is -2.39. The van der Waals surface area contributed by atoms with E-state index < -0.39 is 0 Å². The van der Waals surface area contributed by atoms with Crippen molar-refractivity contribution in [1.82, 2.24) is 15.5 Å². The van der Waals surface area contributed by atoms with E-state index in [9.17, 15) is 4.79 Å². The third-order valence-corrected chi connectivity index (χ3v) is 5.39. The first-order valence-corrected chi connectivity index (χ1v) is 11.2. The van der Waals surface area contributed by atoms with Crippen LogP contribution < -0.4 is 15.4 Å². The van der Waals surface area contributed by atoms with Crippen molar-refractivity contribution in [2.24, 2.45) is 10.9 Å². The Bertz CT molecular complexity index is 849. The molecule has 6 nitrogen and oxygen atoms in total. The van der Waals surface area contributed by atoms with E-state index in [1.165, 1.54) is 5.56 Å². The average molecular weight is 571 g/mol. The van der Waals surface area contributed by atoms with Crippen molar-refractivity contribution in [1.29, 1.82) is 0 Å². The van der Waals surface area contributed by atoms with Crippen LogP contribution in [-0.4, -0.2) is 56.1 Å². The van der Waals surface area contributed by atoms with Gasteiger partial charge in [-0.1, -0.05) is 41.9 Å². The number of nitrogens with zero attached hydrogens (tertiary/aromatic N) is 2. The van der Waals surface area contributed by atoms with Crippen molar-refractivity contribution in [3.63, 3.8) is 0 Å². The number of rotatable bonds is 10. The van der Waals surface area contributed by atoms with Gasteiger partial charge in [-0.2, -0.15) is 0 Å². The largest absolute Gasteiger partial charge is 0.492 e. The number of hydrogen-bond donors (Lipinski definition) is 2. The number of halogens is 2. The molecule has 0 saturated carbocycles. The lowest BCUT2D eigenvalue weighted by Gasteiger charge is -2.16. The summed E-state index contributed by atoms with van der Waals surface area (Å²) >= 11 is 5.89. The molecular formula is C24H32ClIN4O2. The average Bonchev–Trinajstić information content (AvgIpc) is 3.15. The molecule has 1 atom stereocenters. The van der Waals surface area contributed by atoms with Gasteiger partial charge >= 0.3 is 0 Å². The highest BCUT2D eigenvalue weighted by molar-refractivity contribution is 14.0. The van der Waals surface area contributed by atoms with E-state index in [0.29, 0.717) is 31.1 Å². The molecule has 1 aliphatic rings. The van der Waals surface area contributed by atoms with E-state index in [4.69, 9.17) is 16.3 Å². The molecule has 32 heavy (non-hydrogen) atoms. The van der Waals surface area contributed by atoms with Gasteiger partial charge in [-0.3, -0.25) is 9.79 Å². The van der Waals surface area contributed by atoms with Gasteiger partial charge in [0.15, 0.2) is 5.96 Å². The first-order chi connectivity index (χ1) is 15.1. The number of carbonyl (C=O) groups is 1. The molecule has 0 bridgehead atoms. The van der Waals surface area contributed by atoms with Crippen LogP contribution in [0.4, 0.5) is 0 Å². The molecule has 0 aromatic heterocycles. The molecule has 174 valence electrons. The lowest BCUT2D eigenvalue weighted by atomic mass is 10.1. The van der Waals surface area contributed by atoms with Crippen LogP contribution in [0.1, 0.15) is 18.9 Å². The minimum Gasteiger partial charge on any atom is -0.492 e. The molecule has 0 spiro atoms. The minimum atomic E-state index is 0. The molecule has 0 aliphatic carbocycles. The minimum absolute atomic E-state index is 0. The molecule has 1 unspecified atom stereocenters. The van der Waals surface area contributed by atoms with Gasteiger partial charge in [0.05, 0.1) is 6.54 Å². The molecule has 1 aliphatic heterocycles. The van der Waals surface area contributed by atoms with E-state index in [2.05, 4.69) is 27.8 Å². The lowest BCUT2D eigenvalue weighted by molar-refractivity contribution is -0.127. The van der Waals surface area contributed by atoms with E-state index in [0.717, 1.165) is 37.8 Å². The summed E-state index contributed by atoms with van der Waals surface area (Å²) in [6.07, 6.45) is 1.46.